The van der Waals surface area contributed by atoms with Crippen molar-refractivity contribution in [3.05, 3.63) is 95.1 Å². The van der Waals surface area contributed by atoms with Gasteiger partial charge >= 0.3 is 0 Å². The van der Waals surface area contributed by atoms with Crippen LogP contribution in [0.15, 0.2) is 72.8 Å². The Labute approximate surface area is 207 Å². The molecule has 0 spiro atoms. The number of ether oxygens (including phenoxy) is 3. The van der Waals surface area contributed by atoms with Crippen LogP contribution in [0.3, 0.4) is 0 Å². The first-order valence-corrected chi connectivity index (χ1v) is 12.4. The van der Waals surface area contributed by atoms with Gasteiger partial charge in [-0.25, -0.2) is 0 Å². The maximum Gasteiger partial charge on any atom is 0.184 e. The van der Waals surface area contributed by atoms with Crippen molar-refractivity contribution in [3.63, 3.8) is 0 Å². The average molecular weight is 475 g/mol. The van der Waals surface area contributed by atoms with E-state index in [1.165, 1.54) is 0 Å². The third-order valence-corrected chi connectivity index (χ3v) is 6.91. The van der Waals surface area contributed by atoms with Gasteiger partial charge in [-0.05, 0) is 27.8 Å². The van der Waals surface area contributed by atoms with Crippen LogP contribution in [0.2, 0.25) is 0 Å². The summed E-state index contributed by atoms with van der Waals surface area (Å²) in [7, 11) is 0. The minimum atomic E-state index is -0.448. The van der Waals surface area contributed by atoms with Crippen LogP contribution in [0.1, 0.15) is 41.1 Å². The maximum absolute atomic E-state index is 9.42. The molecule has 0 amide bonds. The van der Waals surface area contributed by atoms with Gasteiger partial charge in [0.2, 0.25) is 0 Å². The number of benzene rings is 3. The lowest BCUT2D eigenvalue weighted by atomic mass is 9.97. The van der Waals surface area contributed by atoms with E-state index in [0.29, 0.717) is 6.54 Å². The molecular weight excluding hydrogens is 440 g/mol. The highest BCUT2D eigenvalue weighted by atomic mass is 16.7. The second-order valence-corrected chi connectivity index (χ2v) is 9.25. The van der Waals surface area contributed by atoms with Gasteiger partial charge in [-0.2, -0.15) is 0 Å². The first kappa shape index (κ1) is 24.1. The minimum absolute atomic E-state index is 0.0385. The summed E-state index contributed by atoms with van der Waals surface area (Å²) in [6, 6.07) is 24.7. The van der Waals surface area contributed by atoms with Crippen LogP contribution in [-0.4, -0.2) is 49.0 Å². The maximum atomic E-state index is 9.42. The minimum Gasteiger partial charge on any atom is -0.392 e. The molecule has 0 aliphatic carbocycles. The van der Waals surface area contributed by atoms with E-state index < -0.39 is 6.29 Å². The molecule has 3 unspecified atom stereocenters. The van der Waals surface area contributed by atoms with Gasteiger partial charge in [0.15, 0.2) is 6.29 Å². The van der Waals surface area contributed by atoms with Crippen molar-refractivity contribution in [2.75, 3.05) is 32.8 Å². The quantitative estimate of drug-likeness (QED) is 0.535. The van der Waals surface area contributed by atoms with Crippen LogP contribution < -0.4 is 5.73 Å². The van der Waals surface area contributed by atoms with E-state index in [1.807, 2.05) is 24.3 Å². The molecule has 2 heterocycles. The number of hydrogen-bond acceptors (Lipinski definition) is 6. The van der Waals surface area contributed by atoms with Crippen molar-refractivity contribution in [3.8, 4) is 11.1 Å². The molecule has 0 aromatic heterocycles. The average Bonchev–Trinajstić information content (AvgIpc) is 2.93. The van der Waals surface area contributed by atoms with Gasteiger partial charge < -0.3 is 25.1 Å². The molecule has 2 aliphatic heterocycles. The molecule has 184 valence electrons. The van der Waals surface area contributed by atoms with Gasteiger partial charge in [0.25, 0.3) is 0 Å². The lowest BCUT2D eigenvalue weighted by Crippen LogP contribution is -2.44. The summed E-state index contributed by atoms with van der Waals surface area (Å²) in [6.45, 7) is 4.79. The Kier molecular flexibility index (Phi) is 7.88. The van der Waals surface area contributed by atoms with E-state index in [9.17, 15) is 5.11 Å². The second-order valence-electron chi connectivity index (χ2n) is 9.25. The first-order valence-electron chi connectivity index (χ1n) is 12.4. The summed E-state index contributed by atoms with van der Waals surface area (Å²) in [5, 5.41) is 9.42. The van der Waals surface area contributed by atoms with E-state index in [2.05, 4.69) is 53.4 Å². The zero-order valence-corrected chi connectivity index (χ0v) is 20.0. The monoisotopic (exact) mass is 474 g/mol. The third-order valence-electron chi connectivity index (χ3n) is 6.91. The third kappa shape index (κ3) is 5.81. The number of nitrogens with zero attached hydrogens (tertiary/aromatic N) is 1. The van der Waals surface area contributed by atoms with Crippen LogP contribution >= 0.6 is 0 Å². The Morgan fingerprint density at radius 3 is 2.29 bits per heavy atom. The van der Waals surface area contributed by atoms with E-state index >= 15 is 0 Å². The molecule has 0 radical (unpaired) electrons. The molecule has 6 heteroatoms. The predicted octanol–water partition coefficient (Wildman–Crippen LogP) is 4.18. The van der Waals surface area contributed by atoms with Gasteiger partial charge in [0, 0.05) is 38.2 Å². The Balaban J connectivity index is 1.37. The number of rotatable bonds is 7. The van der Waals surface area contributed by atoms with Crippen molar-refractivity contribution in [1.29, 1.82) is 0 Å². The Hall–Kier alpha value is -2.58. The fraction of sp³-hybridized carbons (Fsp3) is 0.379. The molecule has 0 bridgehead atoms. The standard InChI is InChI=1S/C29H34N2O4/c30-18-25-3-1-2-4-27(25)22-9-11-24(12-10-22)29-34-26(19-31-13-15-33-16-14-31)17-28(35-29)23-7-5-21(20-32)6-8-23/h1-12,26,28-29,32H,13-20,30H2. The fourth-order valence-corrected chi connectivity index (χ4v) is 4.90. The molecule has 3 atom stereocenters. The summed E-state index contributed by atoms with van der Waals surface area (Å²) < 4.78 is 18.5. The highest BCUT2D eigenvalue weighted by molar-refractivity contribution is 5.67. The number of hydrogen-bond donors (Lipinski definition) is 2. The molecule has 2 aliphatic rings. The molecule has 5 rings (SSSR count). The molecule has 3 aromatic rings. The molecule has 2 fully saturated rings. The van der Waals surface area contributed by atoms with Gasteiger partial charge in [-0.15, -0.1) is 0 Å². The summed E-state index contributed by atoms with van der Waals surface area (Å²) in [6.07, 6.45) is 0.308. The molecule has 35 heavy (non-hydrogen) atoms. The summed E-state index contributed by atoms with van der Waals surface area (Å²) in [5.74, 6) is 0. The summed E-state index contributed by atoms with van der Waals surface area (Å²) in [4.78, 5) is 2.41. The normalized spacial score (nSPS) is 23.3. The number of nitrogens with two attached hydrogens (primary N) is 1. The van der Waals surface area contributed by atoms with Crippen molar-refractivity contribution >= 4 is 0 Å². The highest BCUT2D eigenvalue weighted by Crippen LogP contribution is 2.38. The highest BCUT2D eigenvalue weighted by Gasteiger charge is 2.33. The molecule has 3 N–H and O–H groups in total. The molecule has 6 nitrogen and oxygen atoms in total. The lowest BCUT2D eigenvalue weighted by Gasteiger charge is -2.39. The van der Waals surface area contributed by atoms with Gasteiger partial charge in [-0.1, -0.05) is 72.8 Å². The van der Waals surface area contributed by atoms with Crippen LogP contribution in [-0.2, 0) is 27.4 Å². The number of aliphatic hydroxyl groups is 1. The van der Waals surface area contributed by atoms with Crippen LogP contribution in [0.4, 0.5) is 0 Å². The zero-order chi connectivity index (χ0) is 24.0. The number of morpholine rings is 1. The van der Waals surface area contributed by atoms with E-state index in [0.717, 1.165) is 72.6 Å². The number of aliphatic hydroxyl groups excluding tert-OH is 1. The molecule has 3 aromatic carbocycles. The summed E-state index contributed by atoms with van der Waals surface area (Å²) >= 11 is 0. The molecular formula is C29H34N2O4. The smallest absolute Gasteiger partial charge is 0.184 e. The largest absolute Gasteiger partial charge is 0.392 e. The fourth-order valence-electron chi connectivity index (χ4n) is 4.90. The van der Waals surface area contributed by atoms with Crippen molar-refractivity contribution < 1.29 is 19.3 Å². The predicted molar refractivity (Wildman–Crippen MR) is 135 cm³/mol. The van der Waals surface area contributed by atoms with Gasteiger partial charge in [0.1, 0.15) is 0 Å². The lowest BCUT2D eigenvalue weighted by molar-refractivity contribution is -0.253. The first-order chi connectivity index (χ1) is 17.2. The van der Waals surface area contributed by atoms with Gasteiger partial charge in [0.05, 0.1) is 32.0 Å². The molecule has 2 saturated heterocycles. The van der Waals surface area contributed by atoms with E-state index in [1.54, 1.807) is 0 Å². The SMILES string of the molecule is NCc1ccccc1-c1ccc(C2OC(CN3CCOCC3)CC(c3ccc(CO)cc3)O2)cc1. The Morgan fingerprint density at radius 1 is 0.857 bits per heavy atom. The van der Waals surface area contributed by atoms with Crippen molar-refractivity contribution in [1.82, 2.24) is 4.90 Å². The van der Waals surface area contributed by atoms with E-state index in [4.69, 9.17) is 19.9 Å². The van der Waals surface area contributed by atoms with Crippen LogP contribution in [0.25, 0.3) is 11.1 Å². The summed E-state index contributed by atoms with van der Waals surface area (Å²) in [5.41, 5.74) is 12.4. The van der Waals surface area contributed by atoms with Crippen molar-refractivity contribution in [2.45, 2.75) is 38.1 Å². The molecule has 0 saturated carbocycles. The second kappa shape index (κ2) is 11.4. The van der Waals surface area contributed by atoms with Crippen molar-refractivity contribution in [2.24, 2.45) is 5.73 Å². The Morgan fingerprint density at radius 2 is 1.57 bits per heavy atom. The zero-order valence-electron chi connectivity index (χ0n) is 20.0. The van der Waals surface area contributed by atoms with Crippen LogP contribution in [0, 0.1) is 0 Å². The van der Waals surface area contributed by atoms with Crippen LogP contribution in [0.5, 0.6) is 0 Å². The van der Waals surface area contributed by atoms with Gasteiger partial charge in [-0.3, -0.25) is 4.90 Å². The topological polar surface area (TPSA) is 77.2 Å². The van der Waals surface area contributed by atoms with E-state index in [-0.39, 0.29) is 18.8 Å². The Bertz CT molecular complexity index is 1080.